The first-order chi connectivity index (χ1) is 19.6. The molecule has 8 nitrogen and oxygen atoms in total. The number of methoxy groups -OCH3 is 1. The van der Waals surface area contributed by atoms with Crippen molar-refractivity contribution in [1.82, 2.24) is 28.6 Å². The molecular weight excluding hydrogens is 533 g/mol. The quantitative estimate of drug-likeness (QED) is 0.278. The van der Waals surface area contributed by atoms with E-state index in [0.717, 1.165) is 41.6 Å². The number of pyridine rings is 1. The van der Waals surface area contributed by atoms with Gasteiger partial charge in [-0.2, -0.15) is 13.2 Å². The third kappa shape index (κ3) is 5.36. The summed E-state index contributed by atoms with van der Waals surface area (Å²) in [6.45, 7) is 3.80. The largest absolute Gasteiger partial charge is 0.418 e. The Morgan fingerprint density at radius 3 is 2.63 bits per heavy atom. The molecule has 11 heteroatoms. The Hall–Kier alpha value is -3.70. The maximum Gasteiger partial charge on any atom is 0.418 e. The molecule has 4 aromatic rings. The fraction of sp³-hybridized carbons (Fsp3) is 0.433. The number of fused-ring (bicyclic) bond motifs is 1. The Balaban J connectivity index is 1.42. The number of aromatic nitrogens is 5. The highest BCUT2D eigenvalue weighted by Crippen LogP contribution is 2.47. The second-order valence-corrected chi connectivity index (χ2v) is 11.4. The molecular formula is C30H33F3N6O2. The molecule has 1 fully saturated rings. The summed E-state index contributed by atoms with van der Waals surface area (Å²) in [5.41, 5.74) is 1.22. The predicted molar refractivity (Wildman–Crippen MR) is 148 cm³/mol. The molecule has 41 heavy (non-hydrogen) atoms. The van der Waals surface area contributed by atoms with Crippen LogP contribution in [0.25, 0.3) is 11.2 Å². The van der Waals surface area contributed by atoms with E-state index in [9.17, 15) is 18.0 Å². The van der Waals surface area contributed by atoms with Crippen LogP contribution in [0, 0.1) is 0 Å². The standard InChI is InChI=1S/C30H33F3N6O2/c1-20-6-5-11-37(15-20)16-21-12-25(30(31,32)33)26-18-38(28(40)39(26)17-21)23-8-4-7-22(13-23)24(14-29(41-3)9-10-29)27-35-34-19-36(27)2/h4,6-8,12-13,17-19,24H,5,9-11,14-16H2,1-3H3/t24-/m1/s1. The number of halogens is 3. The lowest BCUT2D eigenvalue weighted by atomic mass is 9.90. The summed E-state index contributed by atoms with van der Waals surface area (Å²) < 4.78 is 52.9. The minimum absolute atomic E-state index is 0.169. The SMILES string of the molecule is COC1(C[C@H](c2cccc(-n3cc4c(C(F)(F)F)cc(CN5CCC=C(C)C5)cn4c3=O)c2)c2nncn2C)CC1. The van der Waals surface area contributed by atoms with Crippen LogP contribution < -0.4 is 5.69 Å². The third-order valence-electron chi connectivity index (χ3n) is 8.37. The van der Waals surface area contributed by atoms with Crippen molar-refractivity contribution in [1.29, 1.82) is 0 Å². The van der Waals surface area contributed by atoms with Gasteiger partial charge in [0.25, 0.3) is 0 Å². The average Bonchev–Trinajstić information content (AvgIpc) is 3.47. The molecule has 0 radical (unpaired) electrons. The molecule has 0 saturated heterocycles. The first kappa shape index (κ1) is 27.5. The lowest BCUT2D eigenvalue weighted by Crippen LogP contribution is -2.29. The number of rotatable bonds is 8. The minimum atomic E-state index is -4.62. The Bertz CT molecular complexity index is 1680. The fourth-order valence-electron chi connectivity index (χ4n) is 5.99. The Labute approximate surface area is 235 Å². The number of nitrogens with zero attached hydrogens (tertiary/aromatic N) is 6. The second kappa shape index (κ2) is 10.3. The Morgan fingerprint density at radius 2 is 1.98 bits per heavy atom. The van der Waals surface area contributed by atoms with Crippen LogP contribution in [0.3, 0.4) is 0 Å². The zero-order valence-electron chi connectivity index (χ0n) is 23.4. The van der Waals surface area contributed by atoms with Gasteiger partial charge in [0.05, 0.1) is 22.4 Å². The number of hydrogen-bond donors (Lipinski definition) is 0. The number of hydrogen-bond acceptors (Lipinski definition) is 5. The molecule has 0 spiro atoms. The summed E-state index contributed by atoms with van der Waals surface area (Å²) >= 11 is 0. The average molecular weight is 567 g/mol. The van der Waals surface area contributed by atoms with E-state index < -0.39 is 17.4 Å². The van der Waals surface area contributed by atoms with Gasteiger partial charge in [-0.3, -0.25) is 13.9 Å². The van der Waals surface area contributed by atoms with Crippen molar-refractivity contribution in [2.24, 2.45) is 7.05 Å². The molecule has 1 saturated carbocycles. The fourth-order valence-corrected chi connectivity index (χ4v) is 5.99. The summed E-state index contributed by atoms with van der Waals surface area (Å²) in [4.78, 5) is 15.7. The van der Waals surface area contributed by atoms with Crippen molar-refractivity contribution < 1.29 is 17.9 Å². The van der Waals surface area contributed by atoms with Gasteiger partial charge in [0, 0.05) is 52.1 Å². The molecule has 1 aliphatic carbocycles. The van der Waals surface area contributed by atoms with Gasteiger partial charge in [0.1, 0.15) is 12.2 Å². The zero-order valence-corrected chi connectivity index (χ0v) is 23.4. The lowest BCUT2D eigenvalue weighted by molar-refractivity contribution is -0.136. The van der Waals surface area contributed by atoms with Crippen LogP contribution >= 0.6 is 0 Å². The highest BCUT2D eigenvalue weighted by atomic mass is 19.4. The molecule has 0 amide bonds. The van der Waals surface area contributed by atoms with Crippen LogP contribution in [0.2, 0.25) is 0 Å². The van der Waals surface area contributed by atoms with E-state index >= 15 is 0 Å². The van der Waals surface area contributed by atoms with Crippen LogP contribution in [-0.4, -0.2) is 54.4 Å². The van der Waals surface area contributed by atoms with Crippen LogP contribution in [0.4, 0.5) is 13.2 Å². The molecule has 6 rings (SSSR count). The van der Waals surface area contributed by atoms with E-state index in [1.807, 2.05) is 36.7 Å². The monoisotopic (exact) mass is 566 g/mol. The maximum atomic E-state index is 14.3. The smallest absolute Gasteiger partial charge is 0.378 e. The Kier molecular flexibility index (Phi) is 6.89. The van der Waals surface area contributed by atoms with E-state index in [4.69, 9.17) is 4.74 Å². The van der Waals surface area contributed by atoms with Gasteiger partial charge in [0.2, 0.25) is 0 Å². The Morgan fingerprint density at radius 1 is 1.17 bits per heavy atom. The van der Waals surface area contributed by atoms with Gasteiger partial charge in [-0.25, -0.2) is 4.79 Å². The summed E-state index contributed by atoms with van der Waals surface area (Å²) in [5, 5.41) is 8.40. The number of imidazole rings is 1. The number of benzene rings is 1. The number of aryl methyl sites for hydroxylation is 1. The minimum Gasteiger partial charge on any atom is -0.378 e. The topological polar surface area (TPSA) is 69.6 Å². The van der Waals surface area contributed by atoms with Gasteiger partial charge in [0.15, 0.2) is 0 Å². The maximum absolute atomic E-state index is 14.3. The molecule has 0 bridgehead atoms. The molecule has 4 heterocycles. The van der Waals surface area contributed by atoms with Crippen LogP contribution in [0.15, 0.2) is 65.5 Å². The summed E-state index contributed by atoms with van der Waals surface area (Å²) in [7, 11) is 3.58. The first-order valence-corrected chi connectivity index (χ1v) is 13.8. The zero-order chi connectivity index (χ0) is 28.9. The molecule has 1 aliphatic heterocycles. The highest BCUT2D eigenvalue weighted by molar-refractivity contribution is 5.58. The number of ether oxygens (including phenoxy) is 1. The summed E-state index contributed by atoms with van der Waals surface area (Å²) in [6.07, 6.45) is 5.42. The van der Waals surface area contributed by atoms with Gasteiger partial charge in [-0.05, 0) is 61.9 Å². The van der Waals surface area contributed by atoms with E-state index in [-0.39, 0.29) is 17.0 Å². The van der Waals surface area contributed by atoms with Crippen molar-refractivity contribution in [3.63, 3.8) is 0 Å². The van der Waals surface area contributed by atoms with Crippen LogP contribution in [0.1, 0.15) is 61.0 Å². The molecule has 2 aliphatic rings. The molecule has 3 aromatic heterocycles. The van der Waals surface area contributed by atoms with Gasteiger partial charge < -0.3 is 9.30 Å². The highest BCUT2D eigenvalue weighted by Gasteiger charge is 2.46. The van der Waals surface area contributed by atoms with E-state index in [0.29, 0.717) is 30.8 Å². The van der Waals surface area contributed by atoms with Crippen molar-refractivity contribution >= 4 is 5.52 Å². The van der Waals surface area contributed by atoms with Crippen LogP contribution in [-0.2, 0) is 24.5 Å². The first-order valence-electron chi connectivity index (χ1n) is 13.8. The van der Waals surface area contributed by atoms with Crippen LogP contribution in [0.5, 0.6) is 0 Å². The summed E-state index contributed by atoms with van der Waals surface area (Å²) in [5.74, 6) is 0.587. The van der Waals surface area contributed by atoms with E-state index in [2.05, 4.69) is 21.2 Å². The van der Waals surface area contributed by atoms with E-state index in [1.165, 1.54) is 22.4 Å². The van der Waals surface area contributed by atoms with Crippen molar-refractivity contribution in [2.75, 3.05) is 20.2 Å². The van der Waals surface area contributed by atoms with Gasteiger partial charge >= 0.3 is 11.9 Å². The molecule has 1 aromatic carbocycles. The number of alkyl halides is 3. The molecule has 1 atom stereocenters. The molecule has 216 valence electrons. The van der Waals surface area contributed by atoms with Gasteiger partial charge in [-0.15, -0.1) is 10.2 Å². The summed E-state index contributed by atoms with van der Waals surface area (Å²) in [6, 6.07) is 8.52. The predicted octanol–water partition coefficient (Wildman–Crippen LogP) is 5.09. The molecule has 0 unspecified atom stereocenters. The lowest BCUT2D eigenvalue weighted by Gasteiger charge is -2.26. The van der Waals surface area contributed by atoms with Crippen molar-refractivity contribution in [3.8, 4) is 5.69 Å². The second-order valence-electron chi connectivity index (χ2n) is 11.4. The normalized spacial score (nSPS) is 18.0. The van der Waals surface area contributed by atoms with Crippen molar-refractivity contribution in [3.05, 3.63) is 93.7 Å². The third-order valence-corrected chi connectivity index (χ3v) is 8.37. The van der Waals surface area contributed by atoms with E-state index in [1.54, 1.807) is 25.7 Å². The molecule has 0 N–H and O–H groups in total. The van der Waals surface area contributed by atoms with Crippen molar-refractivity contribution in [2.45, 2.75) is 56.8 Å². The van der Waals surface area contributed by atoms with Gasteiger partial charge in [-0.1, -0.05) is 23.8 Å².